The van der Waals surface area contributed by atoms with E-state index in [1.807, 2.05) is 19.1 Å². The average molecular weight is 412 g/mol. The van der Waals surface area contributed by atoms with Crippen LogP contribution in [0.25, 0.3) is 11.2 Å². The van der Waals surface area contributed by atoms with Gasteiger partial charge in [-0.2, -0.15) is 0 Å². The van der Waals surface area contributed by atoms with Crippen molar-refractivity contribution in [1.29, 1.82) is 0 Å². The second-order valence-corrected chi connectivity index (χ2v) is 7.89. The van der Waals surface area contributed by atoms with E-state index in [0.29, 0.717) is 12.6 Å². The molecule has 0 saturated heterocycles. The molecular formula is C23H26F2N4O. The minimum absolute atomic E-state index is 0.238. The van der Waals surface area contributed by atoms with Crippen LogP contribution in [0.3, 0.4) is 0 Å². The number of unbranched alkanes of at least 4 members (excludes halogenated alkanes) is 1. The Balaban J connectivity index is 1.71. The van der Waals surface area contributed by atoms with Crippen LogP contribution in [0, 0.1) is 11.6 Å². The Bertz CT molecular complexity index is 1040. The summed E-state index contributed by atoms with van der Waals surface area (Å²) in [5.41, 5.74) is 1.37. The monoisotopic (exact) mass is 412 g/mol. The summed E-state index contributed by atoms with van der Waals surface area (Å²) >= 11 is 0. The van der Waals surface area contributed by atoms with Crippen molar-refractivity contribution in [2.24, 2.45) is 0 Å². The van der Waals surface area contributed by atoms with E-state index in [-0.39, 0.29) is 12.1 Å². The predicted octanol–water partition coefficient (Wildman–Crippen LogP) is 5.27. The highest BCUT2D eigenvalue weighted by atomic mass is 19.1. The van der Waals surface area contributed by atoms with Crippen LogP contribution in [0.4, 0.5) is 8.78 Å². The first-order valence-electron chi connectivity index (χ1n) is 10.6. The molecule has 7 heteroatoms. The molecule has 1 aromatic carbocycles. The molecule has 3 aromatic rings. The summed E-state index contributed by atoms with van der Waals surface area (Å²) in [6.07, 6.45) is 7.82. The van der Waals surface area contributed by atoms with Gasteiger partial charge >= 0.3 is 0 Å². The molecule has 1 aliphatic rings. The third-order valence-corrected chi connectivity index (χ3v) is 5.77. The lowest BCUT2D eigenvalue weighted by molar-refractivity contribution is 0.0728. The van der Waals surface area contributed by atoms with Gasteiger partial charge < -0.3 is 9.47 Å². The first-order valence-corrected chi connectivity index (χ1v) is 10.6. The van der Waals surface area contributed by atoms with Crippen molar-refractivity contribution < 1.29 is 13.6 Å². The van der Waals surface area contributed by atoms with Crippen molar-refractivity contribution in [2.75, 3.05) is 6.54 Å². The number of amides is 1. The van der Waals surface area contributed by atoms with Crippen LogP contribution in [0.15, 0.2) is 36.5 Å². The fourth-order valence-corrected chi connectivity index (χ4v) is 4.24. The first kappa shape index (κ1) is 20.4. The van der Waals surface area contributed by atoms with Gasteiger partial charge in [0.25, 0.3) is 5.91 Å². The minimum atomic E-state index is -0.714. The molecule has 0 N–H and O–H groups in total. The molecule has 2 aromatic heterocycles. The van der Waals surface area contributed by atoms with Crippen LogP contribution < -0.4 is 0 Å². The van der Waals surface area contributed by atoms with E-state index in [4.69, 9.17) is 4.98 Å². The molecular weight excluding hydrogens is 386 g/mol. The predicted molar refractivity (Wildman–Crippen MR) is 111 cm³/mol. The average Bonchev–Trinajstić information content (AvgIpc) is 3.39. The Morgan fingerprint density at radius 3 is 2.80 bits per heavy atom. The van der Waals surface area contributed by atoms with Crippen LogP contribution in [0.5, 0.6) is 0 Å². The van der Waals surface area contributed by atoms with Gasteiger partial charge in [0.05, 0.1) is 12.1 Å². The summed E-state index contributed by atoms with van der Waals surface area (Å²) in [4.78, 5) is 24.0. The standard InChI is InChI=1S/C23H26F2N4O/c1-2-3-13-28(23(30)18-14-16(24)10-11-19(18)25)15-21-27-20-9-6-12-26-22(20)29(21)17-7-4-5-8-17/h6,9-12,14,17H,2-5,7-8,13,15H2,1H3. The third-order valence-electron chi connectivity index (χ3n) is 5.77. The zero-order valence-corrected chi connectivity index (χ0v) is 17.2. The zero-order chi connectivity index (χ0) is 21.1. The van der Waals surface area contributed by atoms with Crippen LogP contribution in [0.2, 0.25) is 0 Å². The lowest BCUT2D eigenvalue weighted by atomic mass is 10.1. The molecule has 1 fully saturated rings. The van der Waals surface area contributed by atoms with Gasteiger partial charge in [0, 0.05) is 18.8 Å². The third kappa shape index (κ3) is 4.06. The second kappa shape index (κ2) is 8.90. The molecule has 0 atom stereocenters. The lowest BCUT2D eigenvalue weighted by Gasteiger charge is -2.24. The summed E-state index contributed by atoms with van der Waals surface area (Å²) < 4.78 is 30.1. The highest BCUT2D eigenvalue weighted by Crippen LogP contribution is 2.33. The van der Waals surface area contributed by atoms with E-state index >= 15 is 0 Å². The second-order valence-electron chi connectivity index (χ2n) is 7.89. The molecule has 5 nitrogen and oxygen atoms in total. The Morgan fingerprint density at radius 2 is 2.03 bits per heavy atom. The molecule has 2 heterocycles. The molecule has 0 bridgehead atoms. The Hall–Kier alpha value is -2.83. The van der Waals surface area contributed by atoms with E-state index in [1.54, 1.807) is 11.1 Å². The van der Waals surface area contributed by atoms with Crippen molar-refractivity contribution in [3.8, 4) is 0 Å². The number of benzene rings is 1. The molecule has 0 spiro atoms. The highest BCUT2D eigenvalue weighted by molar-refractivity contribution is 5.94. The number of nitrogens with zero attached hydrogens (tertiary/aromatic N) is 4. The maximum Gasteiger partial charge on any atom is 0.257 e. The summed E-state index contributed by atoms with van der Waals surface area (Å²) in [6, 6.07) is 7.06. The van der Waals surface area contributed by atoms with E-state index in [0.717, 1.165) is 73.7 Å². The van der Waals surface area contributed by atoms with Gasteiger partial charge in [-0.3, -0.25) is 4.79 Å². The van der Waals surface area contributed by atoms with Crippen LogP contribution in [0.1, 0.15) is 67.7 Å². The van der Waals surface area contributed by atoms with Gasteiger partial charge in [0.15, 0.2) is 5.65 Å². The van der Waals surface area contributed by atoms with Crippen molar-refractivity contribution in [3.05, 3.63) is 59.6 Å². The van der Waals surface area contributed by atoms with E-state index < -0.39 is 17.5 Å². The number of aromatic nitrogens is 3. The van der Waals surface area contributed by atoms with Crippen LogP contribution >= 0.6 is 0 Å². The van der Waals surface area contributed by atoms with Crippen molar-refractivity contribution in [2.45, 2.75) is 58.0 Å². The van der Waals surface area contributed by atoms with Gasteiger partial charge in [-0.15, -0.1) is 0 Å². The van der Waals surface area contributed by atoms with Crippen molar-refractivity contribution >= 4 is 17.1 Å². The quantitative estimate of drug-likeness (QED) is 0.531. The number of hydrogen-bond donors (Lipinski definition) is 0. The van der Waals surface area contributed by atoms with Gasteiger partial charge in [-0.1, -0.05) is 26.2 Å². The van der Waals surface area contributed by atoms with Gasteiger partial charge in [0.2, 0.25) is 0 Å². The molecule has 30 heavy (non-hydrogen) atoms. The Labute approximate surface area is 174 Å². The molecule has 0 radical (unpaired) electrons. The maximum atomic E-state index is 14.3. The molecule has 1 saturated carbocycles. The fourth-order valence-electron chi connectivity index (χ4n) is 4.24. The number of carbonyl (C=O) groups excluding carboxylic acids is 1. The highest BCUT2D eigenvalue weighted by Gasteiger charge is 2.27. The van der Waals surface area contributed by atoms with E-state index in [9.17, 15) is 13.6 Å². The number of imidazole rings is 1. The largest absolute Gasteiger partial charge is 0.331 e. The maximum absolute atomic E-state index is 14.3. The van der Waals surface area contributed by atoms with Crippen LogP contribution in [-0.2, 0) is 6.54 Å². The Morgan fingerprint density at radius 1 is 1.23 bits per heavy atom. The van der Waals surface area contributed by atoms with Gasteiger partial charge in [-0.25, -0.2) is 18.7 Å². The van der Waals surface area contributed by atoms with E-state index in [2.05, 4.69) is 9.55 Å². The summed E-state index contributed by atoms with van der Waals surface area (Å²) in [7, 11) is 0. The molecule has 158 valence electrons. The van der Waals surface area contributed by atoms with Crippen LogP contribution in [-0.4, -0.2) is 31.9 Å². The number of pyridine rings is 1. The van der Waals surface area contributed by atoms with Gasteiger partial charge in [0.1, 0.15) is 23.0 Å². The summed E-state index contributed by atoms with van der Waals surface area (Å²) in [6.45, 7) is 2.72. The normalized spacial score (nSPS) is 14.5. The number of rotatable bonds is 7. The number of halogens is 2. The fraction of sp³-hybridized carbons (Fsp3) is 0.435. The zero-order valence-electron chi connectivity index (χ0n) is 17.2. The van der Waals surface area contributed by atoms with E-state index in [1.165, 1.54) is 0 Å². The van der Waals surface area contributed by atoms with Crippen molar-refractivity contribution in [3.63, 3.8) is 0 Å². The molecule has 4 rings (SSSR count). The number of hydrogen-bond acceptors (Lipinski definition) is 3. The smallest absolute Gasteiger partial charge is 0.257 e. The minimum Gasteiger partial charge on any atom is -0.331 e. The molecule has 1 amide bonds. The summed E-state index contributed by atoms with van der Waals surface area (Å²) in [5, 5.41) is 0. The number of carbonyl (C=O) groups is 1. The first-order chi connectivity index (χ1) is 14.6. The SMILES string of the molecule is CCCCN(Cc1nc2cccnc2n1C1CCCC1)C(=O)c1cc(F)ccc1F. The van der Waals surface area contributed by atoms with Crippen molar-refractivity contribution in [1.82, 2.24) is 19.4 Å². The molecule has 0 unspecified atom stereocenters. The molecule has 0 aliphatic heterocycles. The van der Waals surface area contributed by atoms with Gasteiger partial charge in [-0.05, 0) is 49.6 Å². The summed E-state index contributed by atoms with van der Waals surface area (Å²) in [5.74, 6) is -1.11. The lowest BCUT2D eigenvalue weighted by Crippen LogP contribution is -2.33. The molecule has 1 aliphatic carbocycles. The Kier molecular flexibility index (Phi) is 6.06. The topological polar surface area (TPSA) is 51.0 Å². The number of fused-ring (bicyclic) bond motifs is 1.